The number of amides is 2. The van der Waals surface area contributed by atoms with E-state index in [1.54, 1.807) is 32.5 Å². The third-order valence-corrected chi connectivity index (χ3v) is 9.25. The first-order valence-corrected chi connectivity index (χ1v) is 16.4. The Morgan fingerprint density at radius 1 is 1.07 bits per heavy atom. The van der Waals surface area contributed by atoms with Crippen molar-refractivity contribution in [3.8, 4) is 11.1 Å². The second kappa shape index (κ2) is 16.0. The average Bonchev–Trinajstić information content (AvgIpc) is 3.37. The zero-order valence-corrected chi connectivity index (χ0v) is 27.0. The second-order valence-electron chi connectivity index (χ2n) is 12.3. The van der Waals surface area contributed by atoms with Crippen LogP contribution in [0.4, 0.5) is 4.79 Å². The van der Waals surface area contributed by atoms with E-state index in [9.17, 15) is 19.5 Å². The van der Waals surface area contributed by atoms with Crippen molar-refractivity contribution in [2.45, 2.75) is 101 Å². The minimum atomic E-state index is -1.03. The van der Waals surface area contributed by atoms with Crippen molar-refractivity contribution in [1.29, 1.82) is 0 Å². The van der Waals surface area contributed by atoms with Crippen LogP contribution in [0.25, 0.3) is 11.1 Å². The van der Waals surface area contributed by atoms with E-state index in [2.05, 4.69) is 55.2 Å². The summed E-state index contributed by atoms with van der Waals surface area (Å²) in [7, 11) is 0. The van der Waals surface area contributed by atoms with Gasteiger partial charge in [-0.3, -0.25) is 4.79 Å². The van der Waals surface area contributed by atoms with Crippen LogP contribution in [0.2, 0.25) is 0 Å². The number of carbonyl (C=O) groups excluding carboxylic acids is 2. The molecular weight excluding hydrogens is 560 g/mol. The number of thioether (sulfide) groups is 1. The molecule has 1 heterocycles. The minimum absolute atomic E-state index is 0.255. The molecule has 3 rings (SSSR count). The monoisotopic (exact) mass is 608 g/mol. The Labute approximate surface area is 261 Å². The number of nitrogens with zero attached hydrogens (tertiary/aromatic N) is 1. The lowest BCUT2D eigenvalue weighted by Crippen LogP contribution is -2.52. The van der Waals surface area contributed by atoms with Gasteiger partial charge in [-0.2, -0.15) is 0 Å². The minimum Gasteiger partial charge on any atom is -0.480 e. The number of allylic oxidation sites excluding steroid dienone is 1. The van der Waals surface area contributed by atoms with Crippen molar-refractivity contribution in [3.63, 3.8) is 0 Å². The first-order chi connectivity index (χ1) is 20.5. The maximum absolute atomic E-state index is 14.1. The standard InChI is InChI=1S/C35H48N2O5S/c1-6-8-10-11-15-18-29(36-33(41)42-34(3,4)5)31(38)37-25-35(43-23-9-7-2,24-30(37)32(39)40)28-21-19-27(20-22-28)26-16-13-12-14-17-26/h6,12-14,16-17,19-22,29-30H,1,7-11,15,18,23-25H2,2-5H3,(H,36,41)(H,39,40)/t29-,30-,35-/m0/s1. The smallest absolute Gasteiger partial charge is 0.408 e. The van der Waals surface area contributed by atoms with Gasteiger partial charge >= 0.3 is 12.1 Å². The highest BCUT2D eigenvalue weighted by atomic mass is 32.2. The Bertz CT molecular complexity index is 1210. The van der Waals surface area contributed by atoms with Crippen molar-refractivity contribution in [2.24, 2.45) is 0 Å². The third-order valence-electron chi connectivity index (χ3n) is 7.68. The van der Waals surface area contributed by atoms with Crippen LogP contribution < -0.4 is 5.32 Å². The third kappa shape index (κ3) is 9.88. The first-order valence-electron chi connectivity index (χ1n) is 15.4. The summed E-state index contributed by atoms with van der Waals surface area (Å²) in [5, 5.41) is 13.1. The summed E-state index contributed by atoms with van der Waals surface area (Å²) in [5.41, 5.74) is 2.47. The van der Waals surface area contributed by atoms with Crippen LogP contribution in [-0.2, 0) is 19.1 Å². The van der Waals surface area contributed by atoms with Crippen LogP contribution in [0, 0.1) is 0 Å². The fourth-order valence-corrected chi connectivity index (χ4v) is 7.08. The fraction of sp³-hybridized carbons (Fsp3) is 0.514. The predicted molar refractivity (Wildman–Crippen MR) is 175 cm³/mol. The molecule has 3 atom stereocenters. The van der Waals surface area contributed by atoms with Gasteiger partial charge in [0.05, 0.1) is 4.75 Å². The molecule has 2 N–H and O–H groups in total. The number of alkyl carbamates (subject to hydrolysis) is 1. The lowest BCUT2D eigenvalue weighted by atomic mass is 9.93. The molecule has 0 spiro atoms. The van der Waals surface area contributed by atoms with Gasteiger partial charge < -0.3 is 20.1 Å². The molecule has 234 valence electrons. The number of hydrogen-bond donors (Lipinski definition) is 2. The number of benzene rings is 2. The molecule has 2 amide bonds. The van der Waals surface area contributed by atoms with E-state index in [1.807, 2.05) is 24.3 Å². The zero-order valence-electron chi connectivity index (χ0n) is 26.1. The van der Waals surface area contributed by atoms with Gasteiger partial charge in [0.25, 0.3) is 0 Å². The van der Waals surface area contributed by atoms with E-state index in [1.165, 1.54) is 4.90 Å². The largest absolute Gasteiger partial charge is 0.480 e. The molecule has 8 heteroatoms. The molecule has 1 aliphatic heterocycles. The van der Waals surface area contributed by atoms with Crippen LogP contribution in [0.5, 0.6) is 0 Å². The lowest BCUT2D eigenvalue weighted by molar-refractivity contribution is -0.149. The van der Waals surface area contributed by atoms with E-state index in [4.69, 9.17) is 4.74 Å². The molecule has 0 unspecified atom stereocenters. The van der Waals surface area contributed by atoms with Crippen LogP contribution in [0.1, 0.15) is 84.6 Å². The summed E-state index contributed by atoms with van der Waals surface area (Å²) in [6.45, 7) is 11.5. The van der Waals surface area contributed by atoms with E-state index < -0.39 is 34.5 Å². The van der Waals surface area contributed by atoms with Gasteiger partial charge in [-0.05, 0) is 75.3 Å². The van der Waals surface area contributed by atoms with E-state index in [0.29, 0.717) is 19.3 Å². The molecule has 43 heavy (non-hydrogen) atoms. The molecule has 0 saturated carbocycles. The Kier molecular flexibility index (Phi) is 12.7. The quantitative estimate of drug-likeness (QED) is 0.158. The van der Waals surface area contributed by atoms with Gasteiger partial charge in [0.2, 0.25) is 5.91 Å². The average molecular weight is 609 g/mol. The Hall–Kier alpha value is -3.26. The van der Waals surface area contributed by atoms with Crippen molar-refractivity contribution in [2.75, 3.05) is 12.3 Å². The molecular formula is C35H48N2O5S. The molecule has 1 saturated heterocycles. The number of rotatable bonds is 15. The second-order valence-corrected chi connectivity index (χ2v) is 13.8. The van der Waals surface area contributed by atoms with Gasteiger partial charge in [-0.15, -0.1) is 18.3 Å². The fourth-order valence-electron chi connectivity index (χ4n) is 5.45. The molecule has 7 nitrogen and oxygen atoms in total. The van der Waals surface area contributed by atoms with Crippen molar-refractivity contribution in [3.05, 3.63) is 72.8 Å². The van der Waals surface area contributed by atoms with Crippen LogP contribution in [-0.4, -0.2) is 58.0 Å². The van der Waals surface area contributed by atoms with Crippen molar-refractivity contribution >= 4 is 29.7 Å². The van der Waals surface area contributed by atoms with E-state index in [-0.39, 0.29) is 12.5 Å². The number of unbranched alkanes of at least 4 members (excludes halogenated alkanes) is 4. The number of carboxylic acid groups (broad SMARTS) is 1. The number of nitrogens with one attached hydrogen (secondary N) is 1. The van der Waals surface area contributed by atoms with Gasteiger partial charge in [-0.1, -0.05) is 86.9 Å². The summed E-state index contributed by atoms with van der Waals surface area (Å²) >= 11 is 1.73. The maximum Gasteiger partial charge on any atom is 0.408 e. The van der Waals surface area contributed by atoms with E-state index >= 15 is 0 Å². The van der Waals surface area contributed by atoms with Gasteiger partial charge in [-0.25, -0.2) is 9.59 Å². The highest BCUT2D eigenvalue weighted by molar-refractivity contribution is 8.00. The Morgan fingerprint density at radius 2 is 1.74 bits per heavy atom. The SMILES string of the molecule is C=CCCCCC[C@H](NC(=O)OC(C)(C)C)C(=O)N1C[C@](SCCCC)(c2ccc(-c3ccccc3)cc2)C[C@H]1C(=O)O. The molecule has 2 aromatic carbocycles. The van der Waals surface area contributed by atoms with E-state index in [0.717, 1.165) is 54.5 Å². The van der Waals surface area contributed by atoms with Crippen LogP contribution >= 0.6 is 11.8 Å². The zero-order chi connectivity index (χ0) is 31.5. The topological polar surface area (TPSA) is 95.9 Å². The lowest BCUT2D eigenvalue weighted by Gasteiger charge is -2.31. The summed E-state index contributed by atoms with van der Waals surface area (Å²) < 4.78 is 4.89. The maximum atomic E-state index is 14.1. The molecule has 0 bridgehead atoms. The van der Waals surface area contributed by atoms with Crippen molar-refractivity contribution < 1.29 is 24.2 Å². The molecule has 0 radical (unpaired) electrons. The Balaban J connectivity index is 1.91. The van der Waals surface area contributed by atoms with Crippen molar-refractivity contribution in [1.82, 2.24) is 10.2 Å². The summed E-state index contributed by atoms with van der Waals surface area (Å²) in [5.74, 6) is -0.552. The molecule has 0 aromatic heterocycles. The molecule has 0 aliphatic carbocycles. The molecule has 1 aliphatic rings. The number of hydrogen-bond acceptors (Lipinski definition) is 5. The molecule has 2 aromatic rings. The predicted octanol–water partition coefficient (Wildman–Crippen LogP) is 7.80. The van der Waals surface area contributed by atoms with Gasteiger partial charge in [0.1, 0.15) is 17.7 Å². The van der Waals surface area contributed by atoms with Gasteiger partial charge in [0.15, 0.2) is 0 Å². The first kappa shape index (κ1) is 34.2. The van der Waals surface area contributed by atoms with Crippen LogP contribution in [0.15, 0.2) is 67.3 Å². The number of aliphatic carboxylic acids is 1. The summed E-state index contributed by atoms with van der Waals surface area (Å²) in [4.78, 5) is 41.0. The number of likely N-dealkylation sites (tertiary alicyclic amines) is 1. The highest BCUT2D eigenvalue weighted by Crippen LogP contribution is 2.48. The number of carboxylic acids is 1. The van der Waals surface area contributed by atoms with Crippen LogP contribution in [0.3, 0.4) is 0 Å². The number of carbonyl (C=O) groups is 3. The summed E-state index contributed by atoms with van der Waals surface area (Å²) in [6, 6.07) is 16.5. The Morgan fingerprint density at radius 3 is 2.35 bits per heavy atom. The summed E-state index contributed by atoms with van der Waals surface area (Å²) in [6.07, 6.45) is 7.31. The highest BCUT2D eigenvalue weighted by Gasteiger charge is 2.51. The molecule has 1 fully saturated rings. The number of ether oxygens (including phenoxy) is 1. The normalized spacial score (nSPS) is 19.1. The van der Waals surface area contributed by atoms with Gasteiger partial charge in [0, 0.05) is 6.54 Å².